The Labute approximate surface area is 86.7 Å². The van der Waals surface area contributed by atoms with Crippen molar-refractivity contribution >= 4 is 11.7 Å². The van der Waals surface area contributed by atoms with Crippen LogP contribution in [-0.4, -0.2) is 24.5 Å². The second kappa shape index (κ2) is 3.49. The van der Waals surface area contributed by atoms with E-state index in [9.17, 15) is 9.18 Å². The Balaban J connectivity index is 2.47. The third kappa shape index (κ3) is 1.65. The maximum atomic E-state index is 12.9. The second-order valence-corrected chi connectivity index (χ2v) is 3.58. The van der Waals surface area contributed by atoms with Crippen LogP contribution in [0, 0.1) is 11.7 Å². The van der Waals surface area contributed by atoms with Crippen molar-refractivity contribution in [2.75, 3.05) is 18.6 Å². The van der Waals surface area contributed by atoms with Gasteiger partial charge >= 0.3 is 0 Å². The number of nitrogens with zero attached hydrogens (tertiary/aromatic N) is 2. The maximum absolute atomic E-state index is 12.9. The van der Waals surface area contributed by atoms with Crippen LogP contribution in [0.15, 0.2) is 12.3 Å². The number of ether oxygens (including phenoxy) is 1. The van der Waals surface area contributed by atoms with Crippen molar-refractivity contribution in [3.05, 3.63) is 18.1 Å². The molecule has 1 atom stereocenters. The van der Waals surface area contributed by atoms with E-state index in [1.54, 1.807) is 14.0 Å². The summed E-state index contributed by atoms with van der Waals surface area (Å²) >= 11 is 0. The summed E-state index contributed by atoms with van der Waals surface area (Å²) in [4.78, 5) is 16.9. The summed E-state index contributed by atoms with van der Waals surface area (Å²) in [7, 11) is 1.61. The summed E-state index contributed by atoms with van der Waals surface area (Å²) in [5, 5.41) is 0. The van der Waals surface area contributed by atoms with E-state index in [-0.39, 0.29) is 18.4 Å². The van der Waals surface area contributed by atoms with Gasteiger partial charge in [0.1, 0.15) is 5.82 Å². The van der Waals surface area contributed by atoms with Crippen LogP contribution in [0.5, 0.6) is 5.75 Å². The zero-order valence-electron chi connectivity index (χ0n) is 8.53. The van der Waals surface area contributed by atoms with E-state index < -0.39 is 5.82 Å². The lowest BCUT2D eigenvalue weighted by atomic mass is 10.2. The van der Waals surface area contributed by atoms with E-state index in [1.165, 1.54) is 11.0 Å². The third-order valence-electron chi connectivity index (χ3n) is 2.36. The van der Waals surface area contributed by atoms with Crippen molar-refractivity contribution in [3.8, 4) is 5.75 Å². The van der Waals surface area contributed by atoms with Gasteiger partial charge in [-0.2, -0.15) is 0 Å². The van der Waals surface area contributed by atoms with E-state index in [2.05, 4.69) is 4.98 Å². The van der Waals surface area contributed by atoms with Gasteiger partial charge in [0.2, 0.25) is 5.91 Å². The fraction of sp³-hybridized carbons (Fsp3) is 0.400. The number of fused-ring (bicyclic) bond motifs is 1. The molecule has 1 amide bonds. The minimum atomic E-state index is -0.468. The maximum Gasteiger partial charge on any atom is 0.234 e. The molecular formula is C10H11FN2O2. The molecule has 80 valence electrons. The topological polar surface area (TPSA) is 42.4 Å². The number of carbonyl (C=O) groups excluding carboxylic acids is 1. The molecule has 2 heterocycles. The van der Waals surface area contributed by atoms with Gasteiger partial charge in [0.25, 0.3) is 0 Å². The van der Waals surface area contributed by atoms with Crippen molar-refractivity contribution in [2.24, 2.45) is 5.92 Å². The molecular weight excluding hydrogens is 199 g/mol. The monoisotopic (exact) mass is 210 g/mol. The van der Waals surface area contributed by atoms with Crippen molar-refractivity contribution in [1.82, 2.24) is 4.98 Å². The molecule has 1 aliphatic heterocycles. The fourth-order valence-corrected chi connectivity index (χ4v) is 1.49. The van der Waals surface area contributed by atoms with Crippen molar-refractivity contribution in [3.63, 3.8) is 0 Å². The first kappa shape index (κ1) is 9.89. The number of hydrogen-bond acceptors (Lipinski definition) is 3. The number of rotatable bonds is 0. The van der Waals surface area contributed by atoms with Gasteiger partial charge in [0, 0.05) is 13.1 Å². The average molecular weight is 210 g/mol. The van der Waals surface area contributed by atoms with Crippen LogP contribution in [0.2, 0.25) is 0 Å². The molecule has 0 aliphatic carbocycles. The molecule has 15 heavy (non-hydrogen) atoms. The normalized spacial score (nSPS) is 20.6. The lowest BCUT2D eigenvalue weighted by Gasteiger charge is -2.15. The number of anilines is 1. The summed E-state index contributed by atoms with van der Waals surface area (Å²) in [6.07, 6.45) is 1.07. The van der Waals surface area contributed by atoms with Crippen molar-refractivity contribution in [2.45, 2.75) is 6.92 Å². The Morgan fingerprint density at radius 2 is 2.40 bits per heavy atom. The van der Waals surface area contributed by atoms with Crippen LogP contribution in [0.1, 0.15) is 6.92 Å². The van der Waals surface area contributed by atoms with Crippen LogP contribution in [0.25, 0.3) is 0 Å². The first-order valence-electron chi connectivity index (χ1n) is 4.65. The molecule has 1 aliphatic rings. The van der Waals surface area contributed by atoms with Gasteiger partial charge in [-0.05, 0) is 0 Å². The number of halogens is 1. The van der Waals surface area contributed by atoms with Crippen LogP contribution < -0.4 is 9.64 Å². The van der Waals surface area contributed by atoms with Gasteiger partial charge in [0.05, 0.1) is 18.7 Å². The highest BCUT2D eigenvalue weighted by molar-refractivity contribution is 5.95. The molecule has 0 bridgehead atoms. The molecule has 1 aromatic rings. The molecule has 0 saturated carbocycles. The van der Waals surface area contributed by atoms with E-state index in [1.807, 2.05) is 0 Å². The standard InChI is InChI=1S/C10H11FN2O2/c1-6-5-15-8-3-7(11)4-12-9(8)13(2)10(6)14/h3-4,6H,5H2,1-2H3/t6-/m0/s1. The molecule has 0 unspecified atom stereocenters. The highest BCUT2D eigenvalue weighted by atomic mass is 19.1. The van der Waals surface area contributed by atoms with Crippen LogP contribution in [0.3, 0.4) is 0 Å². The van der Waals surface area contributed by atoms with Crippen molar-refractivity contribution in [1.29, 1.82) is 0 Å². The molecule has 0 N–H and O–H groups in total. The SMILES string of the molecule is C[C@H]1COc2cc(F)cnc2N(C)C1=O. The lowest BCUT2D eigenvalue weighted by molar-refractivity contribution is -0.122. The summed E-state index contributed by atoms with van der Waals surface area (Å²) in [6, 6.07) is 1.24. The Morgan fingerprint density at radius 3 is 3.13 bits per heavy atom. The largest absolute Gasteiger partial charge is 0.489 e. The summed E-state index contributed by atoms with van der Waals surface area (Å²) < 4.78 is 18.2. The van der Waals surface area contributed by atoms with E-state index in [0.717, 1.165) is 6.20 Å². The van der Waals surface area contributed by atoms with E-state index in [4.69, 9.17) is 4.74 Å². The predicted octanol–water partition coefficient (Wildman–Crippen LogP) is 1.21. The molecule has 1 aromatic heterocycles. The summed E-state index contributed by atoms with van der Waals surface area (Å²) in [5.74, 6) is -0.106. The van der Waals surface area contributed by atoms with Crippen molar-refractivity contribution < 1.29 is 13.9 Å². The van der Waals surface area contributed by atoms with E-state index >= 15 is 0 Å². The summed E-state index contributed by atoms with van der Waals surface area (Å²) in [5.41, 5.74) is 0. The zero-order chi connectivity index (χ0) is 11.0. The van der Waals surface area contributed by atoms with Gasteiger partial charge in [-0.3, -0.25) is 9.69 Å². The smallest absolute Gasteiger partial charge is 0.234 e. The molecule has 5 heteroatoms. The number of hydrogen-bond donors (Lipinski definition) is 0. The highest BCUT2D eigenvalue weighted by Crippen LogP contribution is 2.29. The minimum absolute atomic E-state index is 0.0761. The molecule has 4 nitrogen and oxygen atoms in total. The number of carbonyl (C=O) groups is 1. The molecule has 0 spiro atoms. The first-order chi connectivity index (χ1) is 7.09. The van der Waals surface area contributed by atoms with Crippen LogP contribution >= 0.6 is 0 Å². The van der Waals surface area contributed by atoms with Gasteiger partial charge < -0.3 is 4.74 Å². The zero-order valence-corrected chi connectivity index (χ0v) is 8.53. The second-order valence-electron chi connectivity index (χ2n) is 3.58. The average Bonchev–Trinajstić information content (AvgIpc) is 2.32. The fourth-order valence-electron chi connectivity index (χ4n) is 1.49. The predicted molar refractivity (Wildman–Crippen MR) is 52.3 cm³/mol. The molecule has 2 rings (SSSR count). The molecule has 0 aromatic carbocycles. The Kier molecular flexibility index (Phi) is 2.30. The quantitative estimate of drug-likeness (QED) is 0.646. The van der Waals surface area contributed by atoms with Crippen LogP contribution in [-0.2, 0) is 4.79 Å². The molecule has 0 fully saturated rings. The number of pyridine rings is 1. The lowest BCUT2D eigenvalue weighted by Crippen LogP contribution is -2.32. The van der Waals surface area contributed by atoms with E-state index in [0.29, 0.717) is 11.6 Å². The third-order valence-corrected chi connectivity index (χ3v) is 2.36. The van der Waals surface area contributed by atoms with Gasteiger partial charge in [0.15, 0.2) is 11.6 Å². The van der Waals surface area contributed by atoms with Crippen LogP contribution in [0.4, 0.5) is 10.2 Å². The number of aromatic nitrogens is 1. The first-order valence-corrected chi connectivity index (χ1v) is 4.65. The molecule has 0 radical (unpaired) electrons. The van der Waals surface area contributed by atoms with Gasteiger partial charge in [-0.1, -0.05) is 6.92 Å². The summed E-state index contributed by atoms with van der Waals surface area (Å²) in [6.45, 7) is 2.02. The number of amides is 1. The Bertz CT molecular complexity index is 408. The van der Waals surface area contributed by atoms with Gasteiger partial charge in [-0.25, -0.2) is 9.37 Å². The highest BCUT2D eigenvalue weighted by Gasteiger charge is 2.27. The Morgan fingerprint density at radius 1 is 1.67 bits per heavy atom. The molecule has 0 saturated heterocycles. The Hall–Kier alpha value is -1.65. The minimum Gasteiger partial charge on any atom is -0.489 e. The van der Waals surface area contributed by atoms with Gasteiger partial charge in [-0.15, -0.1) is 0 Å².